The number of nitrogens with one attached hydrogen (secondary N) is 2. The van der Waals surface area contributed by atoms with Crippen LogP contribution in [0.5, 0.6) is 0 Å². The molecule has 1 aromatic rings. The summed E-state index contributed by atoms with van der Waals surface area (Å²) >= 11 is 0. The molecule has 214 valence electrons. The van der Waals surface area contributed by atoms with Crippen LogP contribution in [0, 0.1) is 24.7 Å². The lowest BCUT2D eigenvalue weighted by atomic mass is 10.0. The van der Waals surface area contributed by atoms with E-state index in [-0.39, 0.29) is 20.8 Å². The molecule has 39 heavy (non-hydrogen) atoms. The lowest BCUT2D eigenvalue weighted by Crippen LogP contribution is -2.30. The quantitative estimate of drug-likeness (QED) is 0.160. The van der Waals surface area contributed by atoms with E-state index in [2.05, 4.69) is 74.4 Å². The molecule has 1 amide bonds. The first-order chi connectivity index (χ1) is 18.6. The van der Waals surface area contributed by atoms with E-state index >= 15 is 0 Å². The molecule has 0 aliphatic heterocycles. The Balaban J connectivity index is 0. The molecule has 0 radical (unpaired) electrons. The first-order valence-electron chi connectivity index (χ1n) is 14.2. The average Bonchev–Trinajstić information content (AvgIpc) is 3.76. The lowest BCUT2D eigenvalue weighted by Gasteiger charge is -2.20. The van der Waals surface area contributed by atoms with Gasteiger partial charge in [0, 0.05) is 39.3 Å². The van der Waals surface area contributed by atoms with Crippen molar-refractivity contribution in [3.8, 4) is 11.8 Å². The number of amides is 1. The third-order valence-corrected chi connectivity index (χ3v) is 6.31. The lowest BCUT2D eigenvalue weighted by molar-refractivity contribution is -0.115. The highest BCUT2D eigenvalue weighted by atomic mass is 16.1. The molecule has 0 aromatic heterocycles. The number of aliphatic imine (C=N–C) groups is 1. The van der Waals surface area contributed by atoms with Crippen LogP contribution in [0.25, 0.3) is 0 Å². The number of carbonyl (C=O) groups excluding carboxylic acids is 1. The average molecular weight is 532 g/mol. The fourth-order valence-electron chi connectivity index (χ4n) is 3.90. The Morgan fingerprint density at radius 3 is 2.51 bits per heavy atom. The Hall–Kier alpha value is -3.42. The second-order valence-electron chi connectivity index (χ2n) is 9.87. The predicted octanol–water partition coefficient (Wildman–Crippen LogP) is 9.29. The SMILES string of the molecule is C=C/C(=C\C=C(/C)C1CC1)CC(=O)Nc1ccc(C)c([C@H](C)NC(C)C=N/C(=C/C#CCC)C(=C)C)c1.CC.[HH].[HH]. The van der Waals surface area contributed by atoms with Gasteiger partial charge < -0.3 is 10.6 Å². The Bertz CT molecular complexity index is 1180. The molecule has 1 unspecified atom stereocenters. The molecule has 1 saturated carbocycles. The van der Waals surface area contributed by atoms with Crippen LogP contribution >= 0.6 is 0 Å². The minimum Gasteiger partial charge on any atom is -0.326 e. The zero-order chi connectivity index (χ0) is 29.4. The molecule has 1 aliphatic rings. The number of hydrogen-bond acceptors (Lipinski definition) is 3. The molecule has 0 spiro atoms. The number of allylic oxidation sites excluding steroid dienone is 6. The van der Waals surface area contributed by atoms with E-state index in [0.717, 1.165) is 46.0 Å². The van der Waals surface area contributed by atoms with Crippen molar-refractivity contribution in [3.05, 3.63) is 89.2 Å². The number of hydrogen-bond donors (Lipinski definition) is 2. The van der Waals surface area contributed by atoms with Crippen LogP contribution in [-0.2, 0) is 4.79 Å². The van der Waals surface area contributed by atoms with Crippen molar-refractivity contribution in [1.29, 1.82) is 0 Å². The fraction of sp³-hybridized carbons (Fsp3) is 0.429. The van der Waals surface area contributed by atoms with Crippen molar-refractivity contribution in [1.82, 2.24) is 5.32 Å². The summed E-state index contributed by atoms with van der Waals surface area (Å²) in [6, 6.07) is 6.13. The number of carbonyl (C=O) groups is 1. The third kappa shape index (κ3) is 12.8. The zero-order valence-electron chi connectivity index (χ0n) is 25.4. The minimum atomic E-state index is -0.0511. The molecular weight excluding hydrogens is 478 g/mol. The highest BCUT2D eigenvalue weighted by Gasteiger charge is 2.22. The van der Waals surface area contributed by atoms with Crippen molar-refractivity contribution in [2.75, 3.05) is 5.32 Å². The Kier molecular flexibility index (Phi) is 15.5. The first-order valence-corrected chi connectivity index (χ1v) is 14.2. The molecule has 4 heteroatoms. The number of aryl methyl sites for hydroxylation is 1. The van der Waals surface area contributed by atoms with Gasteiger partial charge in [0.05, 0.1) is 12.1 Å². The molecule has 1 aromatic carbocycles. The van der Waals surface area contributed by atoms with Gasteiger partial charge in [0.25, 0.3) is 0 Å². The van der Waals surface area contributed by atoms with E-state index in [4.69, 9.17) is 0 Å². The van der Waals surface area contributed by atoms with Gasteiger partial charge in [-0.05, 0) is 87.8 Å². The highest BCUT2D eigenvalue weighted by molar-refractivity contribution is 5.92. The fourth-order valence-corrected chi connectivity index (χ4v) is 3.90. The Morgan fingerprint density at radius 2 is 1.92 bits per heavy atom. The molecular formula is C35H53N3O. The van der Waals surface area contributed by atoms with E-state index in [0.29, 0.717) is 6.42 Å². The van der Waals surface area contributed by atoms with Crippen LogP contribution in [0.4, 0.5) is 5.69 Å². The van der Waals surface area contributed by atoms with Crippen LogP contribution in [-0.4, -0.2) is 18.2 Å². The van der Waals surface area contributed by atoms with E-state index in [1.54, 1.807) is 6.08 Å². The number of benzene rings is 1. The van der Waals surface area contributed by atoms with Crippen molar-refractivity contribution in [3.63, 3.8) is 0 Å². The molecule has 1 aliphatic carbocycles. The maximum absolute atomic E-state index is 12.7. The molecule has 0 saturated heterocycles. The standard InChI is InChI=1S/C33H43N3O.C2H6.2H2/c1-9-11-12-13-32(23(3)4)34-22-26(7)35-27(8)31-21-30(19-15-25(31)6)36-33(37)20-28(10-2)16-14-24(5)29-17-18-29;1-2;;/h10,13-16,19,21-22,26-27,29,35H,2-3,9,17-18,20H2,1,4-8H3,(H,36,37);1-2H3;2*1H/b24-14+,28-16+,32-13+,34-22?;;;/t26?,27-;;;/m0.../s1. The molecule has 2 N–H and O–H groups in total. The van der Waals surface area contributed by atoms with Gasteiger partial charge in [-0.3, -0.25) is 9.79 Å². The maximum Gasteiger partial charge on any atom is 0.228 e. The monoisotopic (exact) mass is 531 g/mol. The molecule has 1 fully saturated rings. The predicted molar refractivity (Wildman–Crippen MR) is 175 cm³/mol. The van der Waals surface area contributed by atoms with Gasteiger partial charge in [-0.1, -0.05) is 75.6 Å². The van der Waals surface area contributed by atoms with Gasteiger partial charge in [0.2, 0.25) is 5.91 Å². The number of anilines is 1. The van der Waals surface area contributed by atoms with E-state index in [1.165, 1.54) is 18.4 Å². The Morgan fingerprint density at radius 1 is 1.23 bits per heavy atom. The minimum absolute atomic E-state index is 0. The van der Waals surface area contributed by atoms with Gasteiger partial charge >= 0.3 is 0 Å². The second kappa shape index (κ2) is 18.0. The van der Waals surface area contributed by atoms with Crippen LogP contribution in [0.3, 0.4) is 0 Å². The third-order valence-electron chi connectivity index (χ3n) is 6.31. The molecule has 0 heterocycles. The summed E-state index contributed by atoms with van der Waals surface area (Å²) in [6.07, 6.45) is 13.2. The van der Waals surface area contributed by atoms with Crippen molar-refractivity contribution in [2.24, 2.45) is 10.9 Å². The van der Waals surface area contributed by atoms with Crippen LogP contribution in [0.1, 0.15) is 94.2 Å². The topological polar surface area (TPSA) is 53.5 Å². The maximum atomic E-state index is 12.7. The zero-order valence-corrected chi connectivity index (χ0v) is 25.4. The molecule has 0 bridgehead atoms. The molecule has 2 rings (SSSR count). The number of nitrogens with zero attached hydrogens (tertiary/aromatic N) is 1. The van der Waals surface area contributed by atoms with Crippen LogP contribution in [0.2, 0.25) is 0 Å². The molecule has 4 nitrogen and oxygen atoms in total. The van der Waals surface area contributed by atoms with Crippen molar-refractivity contribution in [2.45, 2.75) is 93.2 Å². The smallest absolute Gasteiger partial charge is 0.228 e. The normalized spacial score (nSPS) is 15.4. The number of rotatable bonds is 12. The highest BCUT2D eigenvalue weighted by Crippen LogP contribution is 2.36. The van der Waals surface area contributed by atoms with Gasteiger partial charge in [0.15, 0.2) is 0 Å². The summed E-state index contributed by atoms with van der Waals surface area (Å²) in [7, 11) is 0. The van der Waals surface area contributed by atoms with E-state index < -0.39 is 0 Å². The molecule has 2 atom stereocenters. The van der Waals surface area contributed by atoms with Gasteiger partial charge in [-0.2, -0.15) is 0 Å². The largest absolute Gasteiger partial charge is 0.326 e. The van der Waals surface area contributed by atoms with E-state index in [1.807, 2.05) is 64.3 Å². The summed E-state index contributed by atoms with van der Waals surface area (Å²) in [6.45, 7) is 24.3. The summed E-state index contributed by atoms with van der Waals surface area (Å²) in [5.74, 6) is 6.72. The summed E-state index contributed by atoms with van der Waals surface area (Å²) in [5, 5.41) is 6.63. The Labute approximate surface area is 241 Å². The van der Waals surface area contributed by atoms with Crippen molar-refractivity contribution >= 4 is 17.8 Å². The van der Waals surface area contributed by atoms with E-state index in [9.17, 15) is 4.79 Å². The first kappa shape index (κ1) is 33.6. The summed E-state index contributed by atoms with van der Waals surface area (Å²) in [5.41, 5.74) is 7.03. The van der Waals surface area contributed by atoms with Crippen molar-refractivity contribution < 1.29 is 7.65 Å². The second-order valence-corrected chi connectivity index (χ2v) is 9.87. The van der Waals surface area contributed by atoms with Gasteiger partial charge in [0.1, 0.15) is 0 Å². The summed E-state index contributed by atoms with van der Waals surface area (Å²) < 4.78 is 0. The van der Waals surface area contributed by atoms with Gasteiger partial charge in [-0.15, -0.1) is 0 Å². The van der Waals surface area contributed by atoms with Crippen LogP contribution in [0.15, 0.2) is 83.1 Å². The van der Waals surface area contributed by atoms with Gasteiger partial charge in [-0.25, -0.2) is 0 Å². The van der Waals surface area contributed by atoms with Crippen LogP contribution < -0.4 is 10.6 Å². The summed E-state index contributed by atoms with van der Waals surface area (Å²) in [4.78, 5) is 17.3.